The Bertz CT molecular complexity index is 425. The number of carbonyl (C=O) groups excluding carboxylic acids is 2. The molecule has 1 aliphatic carbocycles. The van der Waals surface area contributed by atoms with E-state index in [9.17, 15) is 14.7 Å². The number of nitrogens with zero attached hydrogens (tertiary/aromatic N) is 1. The van der Waals surface area contributed by atoms with E-state index in [4.69, 9.17) is 0 Å². The molecule has 0 aromatic rings. The van der Waals surface area contributed by atoms with E-state index in [1.807, 2.05) is 13.8 Å². The van der Waals surface area contributed by atoms with Crippen LogP contribution in [0.1, 0.15) is 47.5 Å². The molecular weight excluding hydrogens is 256 g/mol. The summed E-state index contributed by atoms with van der Waals surface area (Å²) in [4.78, 5) is 26.2. The van der Waals surface area contributed by atoms with E-state index in [-0.39, 0.29) is 28.7 Å². The first-order valence-corrected chi connectivity index (χ1v) is 7.38. The van der Waals surface area contributed by atoms with E-state index in [1.165, 1.54) is 0 Å². The summed E-state index contributed by atoms with van der Waals surface area (Å²) >= 11 is 0. The standard InChI is InChI=1S/C15H26N2O3/c1-9(18)11(16-12(19)10-6-7-10)13(20)17-8-14(2,3)15(17,4)5/h9-11,18H,6-8H2,1-5H3,(H,16,19). The average molecular weight is 282 g/mol. The molecule has 2 atom stereocenters. The fourth-order valence-corrected chi connectivity index (χ4v) is 2.59. The summed E-state index contributed by atoms with van der Waals surface area (Å²) in [5.74, 6) is -0.259. The fraction of sp³-hybridized carbons (Fsp3) is 0.867. The van der Waals surface area contributed by atoms with Crippen molar-refractivity contribution in [2.45, 2.75) is 65.1 Å². The normalized spacial score (nSPS) is 26.4. The van der Waals surface area contributed by atoms with Crippen LogP contribution in [0, 0.1) is 11.3 Å². The molecule has 0 radical (unpaired) electrons. The third kappa shape index (κ3) is 2.43. The number of aliphatic hydroxyl groups excluding tert-OH is 1. The number of rotatable bonds is 4. The zero-order valence-electron chi connectivity index (χ0n) is 13.1. The van der Waals surface area contributed by atoms with Gasteiger partial charge >= 0.3 is 0 Å². The van der Waals surface area contributed by atoms with E-state index < -0.39 is 12.1 Å². The molecule has 0 spiro atoms. The number of carbonyl (C=O) groups is 2. The Morgan fingerprint density at radius 1 is 1.25 bits per heavy atom. The molecule has 0 aromatic heterocycles. The van der Waals surface area contributed by atoms with Gasteiger partial charge in [-0.25, -0.2) is 0 Å². The first kappa shape index (κ1) is 15.3. The van der Waals surface area contributed by atoms with E-state index in [1.54, 1.807) is 11.8 Å². The van der Waals surface area contributed by atoms with Gasteiger partial charge in [-0.05, 0) is 33.6 Å². The van der Waals surface area contributed by atoms with Crippen LogP contribution in [-0.4, -0.2) is 46.1 Å². The van der Waals surface area contributed by atoms with Crippen molar-refractivity contribution in [3.05, 3.63) is 0 Å². The van der Waals surface area contributed by atoms with Crippen LogP contribution in [0.15, 0.2) is 0 Å². The van der Waals surface area contributed by atoms with Gasteiger partial charge in [0.1, 0.15) is 6.04 Å². The van der Waals surface area contributed by atoms with Crippen molar-refractivity contribution < 1.29 is 14.7 Å². The van der Waals surface area contributed by atoms with Crippen LogP contribution in [-0.2, 0) is 9.59 Å². The van der Waals surface area contributed by atoms with Gasteiger partial charge in [0.25, 0.3) is 0 Å². The van der Waals surface area contributed by atoms with E-state index in [2.05, 4.69) is 19.2 Å². The summed E-state index contributed by atoms with van der Waals surface area (Å²) in [6, 6.07) is -0.835. The van der Waals surface area contributed by atoms with Crippen LogP contribution in [0.4, 0.5) is 0 Å². The molecule has 20 heavy (non-hydrogen) atoms. The lowest BCUT2D eigenvalue weighted by Crippen LogP contribution is -2.73. The van der Waals surface area contributed by atoms with Crippen LogP contribution < -0.4 is 5.32 Å². The van der Waals surface area contributed by atoms with Crippen molar-refractivity contribution in [1.29, 1.82) is 0 Å². The molecule has 2 N–H and O–H groups in total. The summed E-state index contributed by atoms with van der Waals surface area (Å²) < 4.78 is 0. The van der Waals surface area contributed by atoms with E-state index in [0.29, 0.717) is 6.54 Å². The zero-order chi connectivity index (χ0) is 15.3. The second-order valence-electron chi connectivity index (χ2n) is 7.37. The number of amides is 2. The van der Waals surface area contributed by atoms with E-state index in [0.717, 1.165) is 12.8 Å². The highest BCUT2D eigenvalue weighted by Gasteiger charge is 2.56. The van der Waals surface area contributed by atoms with Gasteiger partial charge in [-0.3, -0.25) is 9.59 Å². The molecule has 2 unspecified atom stereocenters. The first-order chi connectivity index (χ1) is 9.08. The third-order valence-electron chi connectivity index (χ3n) is 5.14. The molecule has 0 aromatic carbocycles. The maximum Gasteiger partial charge on any atom is 0.248 e. The van der Waals surface area contributed by atoms with Gasteiger partial charge in [0.15, 0.2) is 0 Å². The minimum atomic E-state index is -0.885. The molecule has 2 aliphatic rings. The number of aliphatic hydroxyl groups is 1. The minimum Gasteiger partial charge on any atom is -0.391 e. The second kappa shape index (κ2) is 4.72. The molecule has 2 fully saturated rings. The zero-order valence-corrected chi connectivity index (χ0v) is 13.1. The second-order valence-corrected chi connectivity index (χ2v) is 7.37. The summed E-state index contributed by atoms with van der Waals surface area (Å²) in [6.07, 6.45) is 0.883. The molecule has 1 aliphatic heterocycles. The highest BCUT2D eigenvalue weighted by molar-refractivity contribution is 5.90. The van der Waals surface area contributed by atoms with Gasteiger partial charge in [0.05, 0.1) is 6.10 Å². The van der Waals surface area contributed by atoms with Gasteiger partial charge in [-0.1, -0.05) is 13.8 Å². The van der Waals surface area contributed by atoms with Gasteiger partial charge in [-0.2, -0.15) is 0 Å². The Morgan fingerprint density at radius 3 is 2.15 bits per heavy atom. The smallest absolute Gasteiger partial charge is 0.248 e. The molecule has 1 saturated heterocycles. The Hall–Kier alpha value is -1.10. The summed E-state index contributed by atoms with van der Waals surface area (Å²) in [7, 11) is 0. The molecule has 1 heterocycles. The predicted octanol–water partition coefficient (Wildman–Crippen LogP) is 0.909. The summed E-state index contributed by atoms with van der Waals surface area (Å²) in [6.45, 7) is 10.5. The molecule has 5 nitrogen and oxygen atoms in total. The molecule has 1 saturated carbocycles. The van der Waals surface area contributed by atoms with Crippen molar-refractivity contribution in [3.8, 4) is 0 Å². The maximum atomic E-state index is 12.6. The van der Waals surface area contributed by atoms with Crippen molar-refractivity contribution in [1.82, 2.24) is 10.2 Å². The molecule has 2 rings (SSSR count). The van der Waals surface area contributed by atoms with Crippen molar-refractivity contribution in [3.63, 3.8) is 0 Å². The van der Waals surface area contributed by atoms with Crippen molar-refractivity contribution >= 4 is 11.8 Å². The Balaban J connectivity index is 2.06. The number of likely N-dealkylation sites (tertiary alicyclic amines) is 1. The predicted molar refractivity (Wildman–Crippen MR) is 75.9 cm³/mol. The van der Waals surface area contributed by atoms with Crippen LogP contribution in [0.25, 0.3) is 0 Å². The SMILES string of the molecule is CC(O)C(NC(=O)C1CC1)C(=O)N1CC(C)(C)C1(C)C. The third-order valence-corrected chi connectivity index (χ3v) is 5.14. The van der Waals surface area contributed by atoms with E-state index >= 15 is 0 Å². The Labute approximate surface area is 120 Å². The van der Waals surface area contributed by atoms with Gasteiger partial charge in [-0.15, -0.1) is 0 Å². The summed E-state index contributed by atoms with van der Waals surface area (Å²) in [5.41, 5.74) is -0.214. The maximum absolute atomic E-state index is 12.6. The molecular formula is C15H26N2O3. The molecule has 0 bridgehead atoms. The lowest BCUT2D eigenvalue weighted by molar-refractivity contribution is -0.172. The van der Waals surface area contributed by atoms with Crippen LogP contribution in [0.3, 0.4) is 0 Å². The number of hydrogen-bond donors (Lipinski definition) is 2. The first-order valence-electron chi connectivity index (χ1n) is 7.38. The number of nitrogens with one attached hydrogen (secondary N) is 1. The Kier molecular flexibility index (Phi) is 3.61. The van der Waals surface area contributed by atoms with Crippen molar-refractivity contribution in [2.24, 2.45) is 11.3 Å². The lowest BCUT2D eigenvalue weighted by Gasteiger charge is -2.62. The monoisotopic (exact) mass is 282 g/mol. The highest BCUT2D eigenvalue weighted by Crippen LogP contribution is 2.46. The van der Waals surface area contributed by atoms with Crippen LogP contribution in [0.2, 0.25) is 0 Å². The minimum absolute atomic E-state index is 0.0323. The fourth-order valence-electron chi connectivity index (χ4n) is 2.59. The molecule has 5 heteroatoms. The summed E-state index contributed by atoms with van der Waals surface area (Å²) in [5, 5.41) is 12.6. The highest BCUT2D eigenvalue weighted by atomic mass is 16.3. The average Bonchev–Trinajstić information content (AvgIpc) is 3.15. The lowest BCUT2D eigenvalue weighted by atomic mass is 9.65. The molecule has 114 valence electrons. The molecule has 2 amide bonds. The van der Waals surface area contributed by atoms with Gasteiger partial charge in [0, 0.05) is 23.4 Å². The van der Waals surface area contributed by atoms with Crippen LogP contribution in [0.5, 0.6) is 0 Å². The largest absolute Gasteiger partial charge is 0.391 e. The van der Waals surface area contributed by atoms with Gasteiger partial charge in [0.2, 0.25) is 11.8 Å². The van der Waals surface area contributed by atoms with Crippen molar-refractivity contribution in [2.75, 3.05) is 6.54 Å². The topological polar surface area (TPSA) is 69.6 Å². The Morgan fingerprint density at radius 2 is 1.80 bits per heavy atom. The number of hydrogen-bond acceptors (Lipinski definition) is 3. The van der Waals surface area contributed by atoms with Crippen LogP contribution >= 0.6 is 0 Å². The van der Waals surface area contributed by atoms with Gasteiger partial charge < -0.3 is 15.3 Å². The quantitative estimate of drug-likeness (QED) is 0.805.